The number of rotatable bonds is 4. The molecule has 112 valence electrons. The summed E-state index contributed by atoms with van der Waals surface area (Å²) in [6.07, 6.45) is 1.40. The summed E-state index contributed by atoms with van der Waals surface area (Å²) in [6.45, 7) is 1.73. The van der Waals surface area contributed by atoms with Crippen molar-refractivity contribution in [3.8, 4) is 0 Å². The van der Waals surface area contributed by atoms with Gasteiger partial charge in [0.05, 0.1) is 17.4 Å². The van der Waals surface area contributed by atoms with Gasteiger partial charge in [0.2, 0.25) is 10.0 Å². The number of sulfonamides is 1. The number of benzene rings is 1. The quantitative estimate of drug-likeness (QED) is 0.887. The fraction of sp³-hybridized carbons (Fsp3) is 0.538. The van der Waals surface area contributed by atoms with Crippen molar-refractivity contribution in [2.45, 2.75) is 43.6 Å². The molecule has 0 heterocycles. The van der Waals surface area contributed by atoms with Gasteiger partial charge in [0.1, 0.15) is 0 Å². The van der Waals surface area contributed by atoms with Gasteiger partial charge in [-0.25, -0.2) is 13.1 Å². The standard InChI is InChI=1S/C13H17Cl2NO3S/c1-13(4-2-3-12(13)17)16-20(18,19)8-9-5-10(14)7-11(15)6-9/h5-7,12,16-17H,2-4,8H2,1H3. The van der Waals surface area contributed by atoms with Crippen molar-refractivity contribution < 1.29 is 13.5 Å². The molecule has 0 amide bonds. The number of hydrogen-bond donors (Lipinski definition) is 2. The molecule has 4 nitrogen and oxygen atoms in total. The van der Waals surface area contributed by atoms with Crippen molar-refractivity contribution in [2.75, 3.05) is 0 Å². The van der Waals surface area contributed by atoms with Gasteiger partial charge < -0.3 is 5.11 Å². The molecule has 1 aromatic carbocycles. The summed E-state index contributed by atoms with van der Waals surface area (Å²) in [5.74, 6) is -0.213. The molecular weight excluding hydrogens is 321 g/mol. The van der Waals surface area contributed by atoms with Crippen molar-refractivity contribution in [2.24, 2.45) is 0 Å². The number of aliphatic hydroxyl groups is 1. The minimum atomic E-state index is -3.57. The second-order valence-corrected chi connectivity index (χ2v) is 8.06. The molecule has 0 bridgehead atoms. The molecule has 0 aliphatic heterocycles. The maximum Gasteiger partial charge on any atom is 0.216 e. The molecule has 2 unspecified atom stereocenters. The van der Waals surface area contributed by atoms with Gasteiger partial charge in [-0.05, 0) is 49.9 Å². The van der Waals surface area contributed by atoms with Crippen molar-refractivity contribution in [1.29, 1.82) is 0 Å². The van der Waals surface area contributed by atoms with E-state index < -0.39 is 21.7 Å². The SMILES string of the molecule is CC1(NS(=O)(=O)Cc2cc(Cl)cc(Cl)c2)CCCC1O. The lowest BCUT2D eigenvalue weighted by Gasteiger charge is -2.29. The number of nitrogens with one attached hydrogen (secondary N) is 1. The minimum Gasteiger partial charge on any atom is -0.391 e. The van der Waals surface area contributed by atoms with E-state index >= 15 is 0 Å². The van der Waals surface area contributed by atoms with Gasteiger partial charge in [0.25, 0.3) is 0 Å². The number of hydrogen-bond acceptors (Lipinski definition) is 3. The first-order valence-electron chi connectivity index (χ1n) is 6.35. The van der Waals surface area contributed by atoms with Crippen LogP contribution in [0.3, 0.4) is 0 Å². The van der Waals surface area contributed by atoms with Crippen LogP contribution in [0, 0.1) is 0 Å². The molecular formula is C13H17Cl2NO3S. The zero-order chi connectivity index (χ0) is 15.0. The van der Waals surface area contributed by atoms with Crippen molar-refractivity contribution in [1.82, 2.24) is 4.72 Å². The van der Waals surface area contributed by atoms with Gasteiger partial charge >= 0.3 is 0 Å². The lowest BCUT2D eigenvalue weighted by Crippen LogP contribution is -2.51. The van der Waals surface area contributed by atoms with E-state index in [1.807, 2.05) is 0 Å². The van der Waals surface area contributed by atoms with Crippen LogP contribution in [-0.4, -0.2) is 25.2 Å². The largest absolute Gasteiger partial charge is 0.391 e. The van der Waals surface area contributed by atoms with E-state index in [1.54, 1.807) is 25.1 Å². The summed E-state index contributed by atoms with van der Waals surface area (Å²) in [6, 6.07) is 4.69. The predicted molar refractivity (Wildman–Crippen MR) is 80.5 cm³/mol. The summed E-state index contributed by atoms with van der Waals surface area (Å²) in [5.41, 5.74) is -0.271. The van der Waals surface area contributed by atoms with Crippen LogP contribution in [0.25, 0.3) is 0 Å². The molecule has 7 heteroatoms. The molecule has 1 aliphatic carbocycles. The van der Waals surface area contributed by atoms with Crippen LogP contribution in [0.5, 0.6) is 0 Å². The van der Waals surface area contributed by atoms with Crippen molar-refractivity contribution in [3.05, 3.63) is 33.8 Å². The van der Waals surface area contributed by atoms with Crippen LogP contribution in [0.4, 0.5) is 0 Å². The third-order valence-corrected chi connectivity index (χ3v) is 5.50. The maximum absolute atomic E-state index is 12.2. The predicted octanol–water partition coefficient (Wildman–Crippen LogP) is 2.72. The van der Waals surface area contributed by atoms with E-state index in [9.17, 15) is 13.5 Å². The van der Waals surface area contributed by atoms with E-state index in [4.69, 9.17) is 23.2 Å². The number of aliphatic hydroxyl groups excluding tert-OH is 1. The van der Waals surface area contributed by atoms with E-state index in [-0.39, 0.29) is 5.75 Å². The van der Waals surface area contributed by atoms with Gasteiger partial charge in [0, 0.05) is 10.0 Å². The molecule has 1 aromatic rings. The molecule has 0 radical (unpaired) electrons. The Hall–Kier alpha value is -0.330. The van der Waals surface area contributed by atoms with Gasteiger partial charge in [-0.1, -0.05) is 23.2 Å². The van der Waals surface area contributed by atoms with E-state index in [0.717, 1.165) is 6.42 Å². The van der Waals surface area contributed by atoms with Crippen molar-refractivity contribution >= 4 is 33.2 Å². The highest BCUT2D eigenvalue weighted by Crippen LogP contribution is 2.31. The highest BCUT2D eigenvalue weighted by Gasteiger charge is 2.40. The van der Waals surface area contributed by atoms with Crippen LogP contribution in [0.1, 0.15) is 31.7 Å². The van der Waals surface area contributed by atoms with Gasteiger partial charge in [0.15, 0.2) is 0 Å². The van der Waals surface area contributed by atoms with Gasteiger partial charge in [-0.2, -0.15) is 0 Å². The molecule has 2 N–H and O–H groups in total. The molecule has 0 spiro atoms. The lowest BCUT2D eigenvalue weighted by molar-refractivity contribution is 0.110. The van der Waals surface area contributed by atoms with E-state index in [1.165, 1.54) is 0 Å². The Bertz CT molecular complexity index is 585. The van der Waals surface area contributed by atoms with Crippen LogP contribution in [-0.2, 0) is 15.8 Å². The van der Waals surface area contributed by atoms with E-state index in [0.29, 0.717) is 28.5 Å². The molecule has 0 aromatic heterocycles. The fourth-order valence-electron chi connectivity index (χ4n) is 2.57. The number of halogens is 2. The average Bonchev–Trinajstić information content (AvgIpc) is 2.54. The fourth-order valence-corrected chi connectivity index (χ4v) is 4.77. The molecule has 2 rings (SSSR count). The second-order valence-electron chi connectivity index (χ2n) is 5.46. The smallest absolute Gasteiger partial charge is 0.216 e. The molecule has 1 saturated carbocycles. The van der Waals surface area contributed by atoms with Crippen LogP contribution < -0.4 is 4.72 Å². The normalized spacial score (nSPS) is 26.9. The summed E-state index contributed by atoms with van der Waals surface area (Å²) in [7, 11) is -3.57. The first kappa shape index (κ1) is 16.0. The Morgan fingerprint density at radius 3 is 2.45 bits per heavy atom. The van der Waals surface area contributed by atoms with Gasteiger partial charge in [-0.15, -0.1) is 0 Å². The van der Waals surface area contributed by atoms with Crippen molar-refractivity contribution in [3.63, 3.8) is 0 Å². The Morgan fingerprint density at radius 1 is 1.35 bits per heavy atom. The molecule has 2 atom stereocenters. The lowest BCUT2D eigenvalue weighted by atomic mass is 10.0. The summed E-state index contributed by atoms with van der Waals surface area (Å²) in [4.78, 5) is 0. The monoisotopic (exact) mass is 337 g/mol. The van der Waals surface area contributed by atoms with Crippen LogP contribution in [0.2, 0.25) is 10.0 Å². The molecule has 1 aliphatic rings. The molecule has 0 saturated heterocycles. The summed E-state index contributed by atoms with van der Waals surface area (Å²) < 4.78 is 27.0. The van der Waals surface area contributed by atoms with E-state index in [2.05, 4.69) is 4.72 Å². The first-order valence-corrected chi connectivity index (χ1v) is 8.76. The molecule has 1 fully saturated rings. The Morgan fingerprint density at radius 2 is 1.95 bits per heavy atom. The average molecular weight is 338 g/mol. The van der Waals surface area contributed by atoms with Crippen LogP contribution in [0.15, 0.2) is 18.2 Å². The van der Waals surface area contributed by atoms with Crippen LogP contribution >= 0.6 is 23.2 Å². The third-order valence-electron chi connectivity index (χ3n) is 3.58. The second kappa shape index (κ2) is 5.81. The first-order chi connectivity index (χ1) is 9.20. The Labute approximate surface area is 129 Å². The third kappa shape index (κ3) is 3.86. The topological polar surface area (TPSA) is 66.4 Å². The minimum absolute atomic E-state index is 0.213. The Kier molecular flexibility index (Phi) is 4.66. The summed E-state index contributed by atoms with van der Waals surface area (Å²) in [5, 5.41) is 10.7. The highest BCUT2D eigenvalue weighted by atomic mass is 35.5. The molecule has 20 heavy (non-hydrogen) atoms. The zero-order valence-corrected chi connectivity index (χ0v) is 13.4. The summed E-state index contributed by atoms with van der Waals surface area (Å²) >= 11 is 11.7. The maximum atomic E-state index is 12.2. The highest BCUT2D eigenvalue weighted by molar-refractivity contribution is 7.88. The zero-order valence-electron chi connectivity index (χ0n) is 11.1. The van der Waals surface area contributed by atoms with Gasteiger partial charge in [-0.3, -0.25) is 0 Å². The Balaban J connectivity index is 2.15.